The molecule has 0 bridgehead atoms. The van der Waals surface area contributed by atoms with E-state index >= 15 is 0 Å². The molecule has 1 aromatic carbocycles. The number of fused-ring (bicyclic) bond motifs is 2. The molecule has 48 heavy (non-hydrogen) atoms. The van der Waals surface area contributed by atoms with E-state index in [-0.39, 0.29) is 23.4 Å². The van der Waals surface area contributed by atoms with E-state index in [1.165, 1.54) is 18.6 Å². The average molecular weight is 675 g/mol. The second kappa shape index (κ2) is 13.7. The van der Waals surface area contributed by atoms with E-state index in [0.717, 1.165) is 71.9 Å². The number of hydrogen-bond acceptors (Lipinski definition) is 9. The molecule has 0 spiro atoms. The molecule has 3 N–H and O–H groups in total. The summed E-state index contributed by atoms with van der Waals surface area (Å²) < 4.78 is 40.6. The molecule has 4 aromatic heterocycles. The van der Waals surface area contributed by atoms with Crippen molar-refractivity contribution in [3.05, 3.63) is 88.8 Å². The van der Waals surface area contributed by atoms with Crippen molar-refractivity contribution in [2.45, 2.75) is 57.6 Å². The third-order valence-corrected chi connectivity index (χ3v) is 9.67. The minimum absolute atomic E-state index is 0.129. The Bertz CT molecular complexity index is 2010. The van der Waals surface area contributed by atoms with Crippen LogP contribution in [0.3, 0.4) is 0 Å². The fraction of sp³-hybridized carbons (Fsp3) is 0.324. The van der Waals surface area contributed by atoms with Gasteiger partial charge in [-0.3, -0.25) is 9.69 Å². The number of piperidine rings is 1. The zero-order valence-corrected chi connectivity index (χ0v) is 26.9. The van der Waals surface area contributed by atoms with E-state index < -0.39 is 18.7 Å². The van der Waals surface area contributed by atoms with E-state index in [9.17, 15) is 28.3 Å². The highest BCUT2D eigenvalue weighted by molar-refractivity contribution is 7.18. The summed E-state index contributed by atoms with van der Waals surface area (Å²) in [6.07, 6.45) is -0.470. The van der Waals surface area contributed by atoms with Gasteiger partial charge >= 0.3 is 6.18 Å². The second-order valence-electron chi connectivity index (χ2n) is 11.9. The zero-order chi connectivity index (χ0) is 34.0. The maximum absolute atomic E-state index is 12.9. The van der Waals surface area contributed by atoms with E-state index in [4.69, 9.17) is 0 Å². The molecule has 1 saturated heterocycles. The van der Waals surface area contributed by atoms with Gasteiger partial charge in [-0.05, 0) is 61.2 Å². The third-order valence-electron chi connectivity index (χ3n) is 8.62. The Morgan fingerprint density at radius 2 is 1.98 bits per heavy atom. The smallest absolute Gasteiger partial charge is 0.386 e. The van der Waals surface area contributed by atoms with Gasteiger partial charge in [0.15, 0.2) is 0 Å². The lowest BCUT2D eigenvalue weighted by Gasteiger charge is -2.33. The predicted molar refractivity (Wildman–Crippen MR) is 179 cm³/mol. The van der Waals surface area contributed by atoms with Crippen LogP contribution in [0.25, 0.3) is 21.1 Å². The van der Waals surface area contributed by atoms with Crippen LogP contribution in [-0.2, 0) is 24.3 Å². The Balaban J connectivity index is 1.10. The number of anilines is 2. The molecule has 1 unspecified atom stereocenters. The molecular weight excluding hydrogens is 641 g/mol. The average Bonchev–Trinajstić information content (AvgIpc) is 3.64. The monoisotopic (exact) mass is 674 g/mol. The van der Waals surface area contributed by atoms with Gasteiger partial charge in [0.25, 0.3) is 0 Å². The number of nitrogens with zero attached hydrogens (tertiary/aromatic N) is 6. The van der Waals surface area contributed by atoms with Crippen LogP contribution in [0.4, 0.5) is 24.8 Å². The second-order valence-corrected chi connectivity index (χ2v) is 13.0. The molecule has 1 aliphatic heterocycles. The van der Waals surface area contributed by atoms with Crippen molar-refractivity contribution in [1.82, 2.24) is 24.4 Å². The molecule has 1 atom stereocenters. The number of aromatic nitrogens is 4. The fourth-order valence-electron chi connectivity index (χ4n) is 6.09. The van der Waals surface area contributed by atoms with Crippen LogP contribution in [0.15, 0.2) is 61.6 Å². The van der Waals surface area contributed by atoms with Crippen molar-refractivity contribution < 1.29 is 23.1 Å². The summed E-state index contributed by atoms with van der Waals surface area (Å²) in [5.74, 6) is 0.530. The molecular formula is C34H33F3N8O2S. The summed E-state index contributed by atoms with van der Waals surface area (Å²) in [5, 5.41) is 28.5. The first kappa shape index (κ1) is 33.1. The number of aliphatic hydroxyl groups is 1. The van der Waals surface area contributed by atoms with Gasteiger partial charge in [-0.15, -0.1) is 11.3 Å². The highest BCUT2D eigenvalue weighted by Gasteiger charge is 2.29. The van der Waals surface area contributed by atoms with Crippen molar-refractivity contribution in [1.29, 1.82) is 5.26 Å². The molecule has 0 saturated carbocycles. The van der Waals surface area contributed by atoms with Crippen LogP contribution < -0.4 is 10.6 Å². The number of rotatable bonds is 10. The molecule has 5 aromatic rings. The van der Waals surface area contributed by atoms with Crippen LogP contribution in [0, 0.1) is 18.3 Å². The number of benzene rings is 1. The summed E-state index contributed by atoms with van der Waals surface area (Å²) in [4.78, 5) is 27.3. The van der Waals surface area contributed by atoms with Gasteiger partial charge in [0.2, 0.25) is 5.91 Å². The number of hydrogen-bond donors (Lipinski definition) is 3. The van der Waals surface area contributed by atoms with Gasteiger partial charge in [-0.25, -0.2) is 15.0 Å². The zero-order valence-electron chi connectivity index (χ0n) is 26.1. The lowest BCUT2D eigenvalue weighted by atomic mass is 10.0. The van der Waals surface area contributed by atoms with Crippen LogP contribution in [0.1, 0.15) is 46.2 Å². The highest BCUT2D eigenvalue weighted by atomic mass is 32.1. The van der Waals surface area contributed by atoms with Gasteiger partial charge in [-0.1, -0.05) is 18.7 Å². The van der Waals surface area contributed by atoms with Crippen molar-refractivity contribution in [3.63, 3.8) is 0 Å². The maximum Gasteiger partial charge on any atom is 0.393 e. The lowest BCUT2D eigenvalue weighted by molar-refractivity contribution is -0.126. The van der Waals surface area contributed by atoms with Crippen LogP contribution in [-0.4, -0.2) is 60.7 Å². The maximum atomic E-state index is 12.9. The Morgan fingerprint density at radius 3 is 2.67 bits per heavy atom. The Kier molecular flexibility index (Phi) is 9.45. The van der Waals surface area contributed by atoms with E-state index in [0.29, 0.717) is 33.1 Å². The molecule has 10 nitrogen and oxygen atoms in total. The summed E-state index contributed by atoms with van der Waals surface area (Å²) in [6, 6.07) is 13.1. The number of carbonyl (C=O) groups is 1. The van der Waals surface area contributed by atoms with E-state index in [1.54, 1.807) is 12.1 Å². The normalized spacial score (nSPS) is 15.0. The SMILES string of the molecule is C=CC(=O)Nc1ccc(C(O)Cn2c(C#N)cc3c(C)c(CN4CCC(Nc5ncnc6sc(CC(F)(F)F)cc56)CC4)ccc32)cn1. The molecule has 1 aliphatic rings. The van der Waals surface area contributed by atoms with Crippen molar-refractivity contribution in [2.75, 3.05) is 23.7 Å². The number of aryl methyl sites for hydroxylation is 1. The van der Waals surface area contributed by atoms with Crippen molar-refractivity contribution in [2.24, 2.45) is 0 Å². The van der Waals surface area contributed by atoms with E-state index in [2.05, 4.69) is 49.2 Å². The number of alkyl halides is 3. The van der Waals surface area contributed by atoms with Crippen molar-refractivity contribution >= 4 is 50.0 Å². The first-order valence-electron chi connectivity index (χ1n) is 15.4. The number of aliphatic hydroxyl groups excluding tert-OH is 1. The number of nitrogens with one attached hydrogen (secondary N) is 2. The number of thiophene rings is 1. The van der Waals surface area contributed by atoms with E-state index in [1.807, 2.05) is 23.6 Å². The molecule has 248 valence electrons. The van der Waals surface area contributed by atoms with Crippen LogP contribution in [0.5, 0.6) is 0 Å². The van der Waals surface area contributed by atoms with Gasteiger partial charge < -0.3 is 20.3 Å². The summed E-state index contributed by atoms with van der Waals surface area (Å²) in [6.45, 7) is 8.00. The number of amides is 1. The molecule has 0 aliphatic carbocycles. The molecule has 5 heterocycles. The number of nitriles is 1. The summed E-state index contributed by atoms with van der Waals surface area (Å²) in [7, 11) is 0. The van der Waals surface area contributed by atoms with Crippen LogP contribution in [0.2, 0.25) is 0 Å². The van der Waals surface area contributed by atoms with Gasteiger partial charge in [-0.2, -0.15) is 18.4 Å². The first-order valence-corrected chi connectivity index (χ1v) is 16.2. The number of likely N-dealkylation sites (tertiary alicyclic amines) is 1. The fourth-order valence-corrected chi connectivity index (χ4v) is 7.12. The number of halogens is 3. The predicted octanol–water partition coefficient (Wildman–Crippen LogP) is 6.26. The van der Waals surface area contributed by atoms with Gasteiger partial charge in [0, 0.05) is 53.2 Å². The Labute approximate surface area is 278 Å². The Hall–Kier alpha value is -4.84. The summed E-state index contributed by atoms with van der Waals surface area (Å²) in [5.41, 5.74) is 4.05. The molecule has 6 rings (SSSR count). The first-order chi connectivity index (χ1) is 23.0. The minimum atomic E-state index is -4.28. The highest BCUT2D eigenvalue weighted by Crippen LogP contribution is 2.34. The minimum Gasteiger partial charge on any atom is -0.386 e. The largest absolute Gasteiger partial charge is 0.393 e. The van der Waals surface area contributed by atoms with Gasteiger partial charge in [0.1, 0.15) is 34.6 Å². The third kappa shape index (κ3) is 7.33. The Morgan fingerprint density at radius 1 is 1.19 bits per heavy atom. The molecule has 0 radical (unpaired) electrons. The quantitative estimate of drug-likeness (QED) is 0.148. The molecule has 1 amide bonds. The summed E-state index contributed by atoms with van der Waals surface area (Å²) >= 11 is 1.04. The lowest BCUT2D eigenvalue weighted by Crippen LogP contribution is -2.39. The molecule has 14 heteroatoms. The topological polar surface area (TPSA) is 132 Å². The number of carbonyl (C=O) groups excluding carboxylic acids is 1. The number of pyridine rings is 1. The van der Waals surface area contributed by atoms with Gasteiger partial charge in [0.05, 0.1) is 24.5 Å². The van der Waals surface area contributed by atoms with Crippen LogP contribution >= 0.6 is 11.3 Å². The van der Waals surface area contributed by atoms with Crippen molar-refractivity contribution in [3.8, 4) is 6.07 Å². The molecule has 1 fully saturated rings. The standard InChI is InChI=1S/C34H33F3N8O2S/c1-3-31(47)43-30-7-5-21(16-39-30)29(46)18-45-24(15-38)12-26-20(2)22(4-6-28(26)45)17-44-10-8-23(9-11-44)42-32-27-13-25(14-34(35,36)37)48-33(27)41-19-40-32/h3-7,12-13,16,19,23,29,46H,1,8-11,14,17-18H2,2H3,(H,39,43,47)(H,40,41,42).